The van der Waals surface area contributed by atoms with Gasteiger partial charge in [0.05, 0.1) is 5.69 Å². The highest BCUT2D eigenvalue weighted by molar-refractivity contribution is 7.96. The van der Waals surface area contributed by atoms with E-state index in [1.165, 1.54) is 0 Å². The molecule has 0 amide bonds. The van der Waals surface area contributed by atoms with Crippen LogP contribution in [-0.4, -0.2) is 16.9 Å². The van der Waals surface area contributed by atoms with Gasteiger partial charge in [-0.15, -0.1) is 0 Å². The molecule has 0 radical (unpaired) electrons. The molecule has 214 valence electrons. The van der Waals surface area contributed by atoms with Gasteiger partial charge in [-0.05, 0) is 39.2 Å². The highest BCUT2D eigenvalue weighted by atomic mass is 31.2. The maximum Gasteiger partial charge on any atom is 0.214 e. The quantitative estimate of drug-likeness (QED) is 0.190. The number of ketones is 1. The summed E-state index contributed by atoms with van der Waals surface area (Å²) in [4.78, 5) is 20.4. The van der Waals surface area contributed by atoms with Crippen molar-refractivity contribution in [3.05, 3.63) is 181 Å². The molecule has 6 aromatic carbocycles. The van der Waals surface area contributed by atoms with Crippen molar-refractivity contribution in [1.29, 1.82) is 0 Å². The molecule has 2 aliphatic rings. The molecule has 0 saturated heterocycles. The normalized spacial score (nSPS) is 17.8. The average molecular weight is 598 g/mol. The SMILES string of the molecule is O=C1c2ccccc2-c2ccccc2C12N=NC(=P(c1ccccc1)(c1ccccc1)c1ccccc1)C2=Nc1ccccc1. The van der Waals surface area contributed by atoms with E-state index in [4.69, 9.17) is 15.2 Å². The van der Waals surface area contributed by atoms with Crippen molar-refractivity contribution in [2.24, 2.45) is 15.2 Å². The molecule has 1 aliphatic carbocycles. The lowest BCUT2D eigenvalue weighted by Crippen LogP contribution is -2.46. The van der Waals surface area contributed by atoms with Crippen molar-refractivity contribution in [3.8, 4) is 11.1 Å². The number of carbonyl (C=O) groups is 1. The molecule has 0 saturated carbocycles. The fourth-order valence-corrected chi connectivity index (χ4v) is 10.9. The van der Waals surface area contributed by atoms with Crippen LogP contribution < -0.4 is 15.9 Å². The monoisotopic (exact) mass is 597 g/mol. The molecule has 1 aliphatic heterocycles. The number of azo groups is 1. The van der Waals surface area contributed by atoms with Gasteiger partial charge in [-0.25, -0.2) is 4.99 Å². The van der Waals surface area contributed by atoms with Crippen LogP contribution in [0.3, 0.4) is 0 Å². The number of Topliss-reactive ketones (excluding diaryl/α,β-unsaturated/α-hetero) is 1. The minimum atomic E-state index is -2.74. The number of hydrogen-bond donors (Lipinski definition) is 0. The van der Waals surface area contributed by atoms with E-state index in [1.807, 2.05) is 91.0 Å². The van der Waals surface area contributed by atoms with Gasteiger partial charge in [-0.2, -0.15) is 10.2 Å². The molecule has 1 spiro atoms. The van der Waals surface area contributed by atoms with Crippen LogP contribution in [0.25, 0.3) is 11.1 Å². The Morgan fingerprint density at radius 1 is 0.489 bits per heavy atom. The molecule has 8 rings (SSSR count). The molecule has 1 atom stereocenters. The van der Waals surface area contributed by atoms with Crippen molar-refractivity contribution in [2.45, 2.75) is 5.54 Å². The van der Waals surface area contributed by atoms with Crippen LogP contribution in [0.15, 0.2) is 185 Å². The van der Waals surface area contributed by atoms with E-state index in [2.05, 4.69) is 78.9 Å². The largest absolute Gasteiger partial charge is 0.290 e. The number of fused-ring (bicyclic) bond motifs is 4. The molecule has 0 N–H and O–H groups in total. The summed E-state index contributed by atoms with van der Waals surface area (Å²) in [5.41, 5.74) is 3.91. The Morgan fingerprint density at radius 3 is 1.49 bits per heavy atom. The predicted molar refractivity (Wildman–Crippen MR) is 186 cm³/mol. The third-order valence-corrected chi connectivity index (χ3v) is 12.9. The highest BCUT2D eigenvalue weighted by Gasteiger charge is 2.56. The van der Waals surface area contributed by atoms with E-state index in [0.29, 0.717) is 11.3 Å². The lowest BCUT2D eigenvalue weighted by Gasteiger charge is -2.34. The molecular weight excluding hydrogens is 569 g/mol. The zero-order valence-electron chi connectivity index (χ0n) is 24.4. The van der Waals surface area contributed by atoms with Crippen LogP contribution in [0.5, 0.6) is 0 Å². The van der Waals surface area contributed by atoms with E-state index < -0.39 is 12.4 Å². The Kier molecular flexibility index (Phi) is 6.59. The zero-order valence-corrected chi connectivity index (χ0v) is 25.3. The van der Waals surface area contributed by atoms with Crippen molar-refractivity contribution in [1.82, 2.24) is 0 Å². The average Bonchev–Trinajstić information content (AvgIpc) is 3.49. The summed E-state index contributed by atoms with van der Waals surface area (Å²) in [6.07, 6.45) is 0. The third kappa shape index (κ3) is 4.07. The molecule has 45 heavy (non-hydrogen) atoms. The van der Waals surface area contributed by atoms with Crippen molar-refractivity contribution in [2.75, 3.05) is 0 Å². The first-order valence-electron chi connectivity index (χ1n) is 15.0. The van der Waals surface area contributed by atoms with Gasteiger partial charge < -0.3 is 0 Å². The van der Waals surface area contributed by atoms with E-state index in [1.54, 1.807) is 0 Å². The highest BCUT2D eigenvalue weighted by Crippen LogP contribution is 2.54. The molecule has 1 heterocycles. The molecule has 5 heteroatoms. The summed E-state index contributed by atoms with van der Waals surface area (Å²) in [7, 11) is 0. The van der Waals surface area contributed by atoms with Crippen LogP contribution in [0.2, 0.25) is 0 Å². The Morgan fingerprint density at radius 2 is 0.933 bits per heavy atom. The molecule has 0 aromatic heterocycles. The van der Waals surface area contributed by atoms with Crippen LogP contribution in [-0.2, 0) is 5.54 Å². The van der Waals surface area contributed by atoms with E-state index in [-0.39, 0.29) is 5.78 Å². The van der Waals surface area contributed by atoms with Gasteiger partial charge in [0.2, 0.25) is 11.3 Å². The zero-order chi connectivity index (χ0) is 30.3. The Labute approximate surface area is 262 Å². The lowest BCUT2D eigenvalue weighted by atomic mass is 9.71. The summed E-state index contributed by atoms with van der Waals surface area (Å²) in [6.45, 7) is -2.74. The van der Waals surface area contributed by atoms with Crippen molar-refractivity contribution >= 4 is 45.4 Å². The summed E-state index contributed by atoms with van der Waals surface area (Å²) in [6, 6.07) is 57.3. The fourth-order valence-electron chi connectivity index (χ4n) is 6.74. The number of rotatable bonds is 4. The maximum atomic E-state index is 15.1. The standard InChI is InChI=1S/C40H28N3OP/c44-38-35-27-14-13-25-33(35)34-26-15-16-28-36(34)40(38)37(41-29-17-5-1-6-18-29)39(42-43-40)45(30-19-7-2-8-20-30,31-21-9-3-10-22-31)32-23-11-4-12-24-32/h1-28H. The third-order valence-electron chi connectivity index (χ3n) is 8.70. The van der Waals surface area contributed by atoms with Gasteiger partial charge in [0, 0.05) is 18.0 Å². The molecule has 1 unspecified atom stereocenters. The molecule has 4 nitrogen and oxygen atoms in total. The van der Waals surface area contributed by atoms with E-state index in [9.17, 15) is 0 Å². The number of hydrogen-bond acceptors (Lipinski definition) is 3. The van der Waals surface area contributed by atoms with Crippen molar-refractivity contribution in [3.63, 3.8) is 0 Å². The minimum Gasteiger partial charge on any atom is -0.290 e. The Hall–Kier alpha value is -5.44. The van der Waals surface area contributed by atoms with Crippen LogP contribution >= 0.6 is 6.89 Å². The summed E-state index contributed by atoms with van der Waals surface area (Å²) in [5, 5.41) is 13.6. The Bertz CT molecular complexity index is 2070. The molecule has 6 aromatic rings. The number of benzene rings is 6. The Balaban J connectivity index is 1.58. The predicted octanol–water partition coefficient (Wildman–Crippen LogP) is 8.11. The van der Waals surface area contributed by atoms with Gasteiger partial charge in [0.1, 0.15) is 11.1 Å². The first kappa shape index (κ1) is 27.1. The smallest absolute Gasteiger partial charge is 0.214 e. The van der Waals surface area contributed by atoms with Crippen LogP contribution in [0.1, 0.15) is 15.9 Å². The first-order chi connectivity index (χ1) is 22.2. The second-order valence-electron chi connectivity index (χ2n) is 11.1. The van der Waals surface area contributed by atoms with Crippen molar-refractivity contribution < 1.29 is 4.79 Å². The van der Waals surface area contributed by atoms with Gasteiger partial charge in [0.15, 0.2) is 0 Å². The first-order valence-corrected chi connectivity index (χ1v) is 16.8. The summed E-state index contributed by atoms with van der Waals surface area (Å²) in [5.74, 6) is -0.113. The second-order valence-corrected chi connectivity index (χ2v) is 14.4. The minimum absolute atomic E-state index is 0.113. The molecule has 0 fully saturated rings. The molecular formula is C40H28N3OP. The van der Waals surface area contributed by atoms with E-state index >= 15 is 4.79 Å². The fraction of sp³-hybridized carbons (Fsp3) is 0.0250. The summed E-state index contributed by atoms with van der Waals surface area (Å²) < 4.78 is 0. The number of carbonyl (C=O) groups excluding carboxylic acids is 1. The molecule has 0 bridgehead atoms. The van der Waals surface area contributed by atoms with Gasteiger partial charge >= 0.3 is 0 Å². The van der Waals surface area contributed by atoms with Gasteiger partial charge in [-0.3, -0.25) is 4.79 Å². The topological polar surface area (TPSA) is 54.1 Å². The van der Waals surface area contributed by atoms with Crippen LogP contribution in [0.4, 0.5) is 5.69 Å². The van der Waals surface area contributed by atoms with Crippen LogP contribution in [0, 0.1) is 0 Å². The van der Waals surface area contributed by atoms with Gasteiger partial charge in [0.25, 0.3) is 0 Å². The number of para-hydroxylation sites is 1. The lowest BCUT2D eigenvalue weighted by molar-refractivity contribution is 0.0931. The second kappa shape index (κ2) is 10.9. The number of nitrogens with zero attached hydrogens (tertiary/aromatic N) is 3. The van der Waals surface area contributed by atoms with Gasteiger partial charge in [-0.1, -0.05) is 158 Å². The summed E-state index contributed by atoms with van der Waals surface area (Å²) >= 11 is 0. The van der Waals surface area contributed by atoms with E-state index in [0.717, 1.165) is 43.7 Å². The number of aliphatic imine (C=N–C) groups is 1. The maximum absolute atomic E-state index is 15.1.